The molecule has 0 saturated carbocycles. The fraction of sp³-hybridized carbons (Fsp3) is 0.500. The number of nitrogens with zero attached hydrogens (tertiary/aromatic N) is 2. The molecule has 0 radical (unpaired) electrons. The summed E-state index contributed by atoms with van der Waals surface area (Å²) in [6.45, 7) is 1.96. The number of nitrogens with one attached hydrogen (secondary N) is 1. The van der Waals surface area contributed by atoms with E-state index in [1.165, 1.54) is 0 Å². The number of imidazole rings is 1. The van der Waals surface area contributed by atoms with Crippen LogP contribution in [0.1, 0.15) is 18.5 Å². The van der Waals surface area contributed by atoms with Crippen LogP contribution in [0.15, 0.2) is 30.6 Å². The molecule has 1 fully saturated rings. The summed E-state index contributed by atoms with van der Waals surface area (Å²) in [6.07, 6.45) is 6.38. The molecule has 0 spiro atoms. The first kappa shape index (κ1) is 20.7. The Balaban J connectivity index is 0.00000144. The van der Waals surface area contributed by atoms with Gasteiger partial charge in [0.05, 0.1) is 11.7 Å². The molecule has 24 heavy (non-hydrogen) atoms. The minimum absolute atomic E-state index is 0. The first-order valence-corrected chi connectivity index (χ1v) is 7.77. The molecular weight excluding hydrogens is 351 g/mol. The largest absolute Gasteiger partial charge is 0.381 e. The Morgan fingerprint density at radius 2 is 2.12 bits per heavy atom. The highest BCUT2D eigenvalue weighted by Crippen LogP contribution is 2.17. The van der Waals surface area contributed by atoms with Crippen molar-refractivity contribution < 1.29 is 9.53 Å². The van der Waals surface area contributed by atoms with Gasteiger partial charge in [-0.05, 0) is 30.9 Å². The van der Waals surface area contributed by atoms with E-state index in [1.807, 2.05) is 35.0 Å². The van der Waals surface area contributed by atoms with Gasteiger partial charge in [0.25, 0.3) is 0 Å². The Hall–Kier alpha value is -1.34. The zero-order valence-corrected chi connectivity index (χ0v) is 15.0. The molecule has 0 bridgehead atoms. The van der Waals surface area contributed by atoms with Gasteiger partial charge in [0.2, 0.25) is 5.91 Å². The summed E-state index contributed by atoms with van der Waals surface area (Å²) < 4.78 is 7.28. The topological polar surface area (TPSA) is 81.7 Å². The van der Waals surface area contributed by atoms with Gasteiger partial charge in [-0.3, -0.25) is 4.79 Å². The third-order valence-corrected chi connectivity index (χ3v) is 4.17. The molecule has 1 aliphatic rings. The molecular formula is C16H24Cl2N4O2. The average Bonchev–Trinajstić information content (AvgIpc) is 2.97. The summed E-state index contributed by atoms with van der Waals surface area (Å²) in [5.74, 6) is 0.152. The molecule has 2 aromatic heterocycles. The lowest BCUT2D eigenvalue weighted by Crippen LogP contribution is -2.47. The van der Waals surface area contributed by atoms with Crippen molar-refractivity contribution in [1.82, 2.24) is 14.7 Å². The van der Waals surface area contributed by atoms with E-state index in [-0.39, 0.29) is 36.6 Å². The zero-order chi connectivity index (χ0) is 15.4. The first-order chi connectivity index (χ1) is 10.7. The summed E-state index contributed by atoms with van der Waals surface area (Å²) >= 11 is 0. The quantitative estimate of drug-likeness (QED) is 0.832. The summed E-state index contributed by atoms with van der Waals surface area (Å²) in [6, 6.07) is 5.45. The van der Waals surface area contributed by atoms with Gasteiger partial charge < -0.3 is 20.2 Å². The number of pyridine rings is 1. The van der Waals surface area contributed by atoms with Crippen molar-refractivity contribution in [1.29, 1.82) is 0 Å². The molecule has 8 heteroatoms. The normalized spacial score (nSPS) is 16.0. The minimum Gasteiger partial charge on any atom is -0.381 e. The molecule has 1 aliphatic heterocycles. The second kappa shape index (κ2) is 9.84. The Kier molecular flexibility index (Phi) is 8.48. The number of halogens is 2. The number of nitrogens with two attached hydrogens (primary N) is 1. The molecule has 134 valence electrons. The molecule has 1 amide bonds. The number of hydrogen-bond donors (Lipinski definition) is 2. The van der Waals surface area contributed by atoms with Crippen molar-refractivity contribution in [3.05, 3.63) is 36.3 Å². The lowest BCUT2D eigenvalue weighted by atomic mass is 9.92. The predicted molar refractivity (Wildman–Crippen MR) is 97.9 cm³/mol. The molecule has 3 heterocycles. The number of ether oxygens (including phenoxy) is 1. The van der Waals surface area contributed by atoms with Crippen molar-refractivity contribution >= 4 is 36.4 Å². The number of rotatable bonds is 5. The number of hydrogen-bond acceptors (Lipinski definition) is 4. The van der Waals surface area contributed by atoms with E-state index in [4.69, 9.17) is 10.5 Å². The van der Waals surface area contributed by atoms with Gasteiger partial charge >= 0.3 is 0 Å². The summed E-state index contributed by atoms with van der Waals surface area (Å²) in [5, 5.41) is 2.92. The standard InChI is InChI=1S/C16H22N4O2.2ClH/c17-15(12-5-9-22-10-6-12)16(21)18-7-4-13-11-20-8-2-1-3-14(20)19-13;;/h1-3,8,11-12,15H,4-7,9-10,17H2,(H,18,21);2*1H. The maximum Gasteiger partial charge on any atom is 0.237 e. The maximum atomic E-state index is 12.1. The van der Waals surface area contributed by atoms with E-state index >= 15 is 0 Å². The number of amides is 1. The van der Waals surface area contributed by atoms with Crippen LogP contribution in [0.3, 0.4) is 0 Å². The van der Waals surface area contributed by atoms with Crippen LogP contribution < -0.4 is 11.1 Å². The Morgan fingerprint density at radius 1 is 1.38 bits per heavy atom. The van der Waals surface area contributed by atoms with Gasteiger partial charge in [-0.1, -0.05) is 6.07 Å². The van der Waals surface area contributed by atoms with Crippen LogP contribution in [0.2, 0.25) is 0 Å². The van der Waals surface area contributed by atoms with Crippen molar-refractivity contribution in [2.24, 2.45) is 11.7 Å². The van der Waals surface area contributed by atoms with Crippen molar-refractivity contribution in [2.75, 3.05) is 19.8 Å². The van der Waals surface area contributed by atoms with Crippen LogP contribution in [0.5, 0.6) is 0 Å². The lowest BCUT2D eigenvalue weighted by Gasteiger charge is -2.26. The Labute approximate surface area is 154 Å². The summed E-state index contributed by atoms with van der Waals surface area (Å²) in [4.78, 5) is 16.6. The van der Waals surface area contributed by atoms with E-state index in [9.17, 15) is 4.79 Å². The highest BCUT2D eigenvalue weighted by molar-refractivity contribution is 5.85. The van der Waals surface area contributed by atoms with E-state index in [1.54, 1.807) is 0 Å². The van der Waals surface area contributed by atoms with E-state index in [2.05, 4.69) is 10.3 Å². The maximum absolute atomic E-state index is 12.1. The number of carbonyl (C=O) groups is 1. The minimum atomic E-state index is -0.440. The fourth-order valence-electron chi connectivity index (χ4n) is 2.83. The number of carbonyl (C=O) groups excluding carboxylic acids is 1. The second-order valence-corrected chi connectivity index (χ2v) is 5.71. The van der Waals surface area contributed by atoms with Crippen molar-refractivity contribution in [2.45, 2.75) is 25.3 Å². The van der Waals surface area contributed by atoms with Crippen LogP contribution in [-0.4, -0.2) is 41.1 Å². The van der Waals surface area contributed by atoms with Crippen LogP contribution >= 0.6 is 24.8 Å². The molecule has 1 unspecified atom stereocenters. The van der Waals surface area contributed by atoms with Gasteiger partial charge in [0.1, 0.15) is 5.65 Å². The highest BCUT2D eigenvalue weighted by Gasteiger charge is 2.26. The molecule has 3 rings (SSSR count). The lowest BCUT2D eigenvalue weighted by molar-refractivity contribution is -0.124. The molecule has 0 aromatic carbocycles. The van der Waals surface area contributed by atoms with Crippen LogP contribution in [0.25, 0.3) is 5.65 Å². The van der Waals surface area contributed by atoms with E-state index in [0.29, 0.717) is 26.2 Å². The summed E-state index contributed by atoms with van der Waals surface area (Å²) in [5.41, 5.74) is 7.93. The Morgan fingerprint density at radius 3 is 2.83 bits per heavy atom. The smallest absolute Gasteiger partial charge is 0.237 e. The van der Waals surface area contributed by atoms with Gasteiger partial charge in [0, 0.05) is 38.6 Å². The number of aromatic nitrogens is 2. The van der Waals surface area contributed by atoms with Crippen LogP contribution in [0, 0.1) is 5.92 Å². The summed E-state index contributed by atoms with van der Waals surface area (Å²) in [7, 11) is 0. The Bertz CT molecular complexity index is 611. The molecule has 6 nitrogen and oxygen atoms in total. The molecule has 2 aromatic rings. The van der Waals surface area contributed by atoms with Gasteiger partial charge in [-0.2, -0.15) is 0 Å². The molecule has 3 N–H and O–H groups in total. The molecule has 1 saturated heterocycles. The second-order valence-electron chi connectivity index (χ2n) is 5.71. The fourth-order valence-corrected chi connectivity index (χ4v) is 2.83. The SMILES string of the molecule is Cl.Cl.NC(C(=O)NCCc1cn2ccccc2n1)C1CCOCC1. The van der Waals surface area contributed by atoms with Gasteiger partial charge in [-0.15, -0.1) is 24.8 Å². The average molecular weight is 375 g/mol. The first-order valence-electron chi connectivity index (χ1n) is 7.77. The number of fused-ring (bicyclic) bond motifs is 1. The van der Waals surface area contributed by atoms with E-state index in [0.717, 1.165) is 24.2 Å². The van der Waals surface area contributed by atoms with E-state index < -0.39 is 6.04 Å². The third kappa shape index (κ3) is 5.08. The molecule has 0 aliphatic carbocycles. The van der Waals surface area contributed by atoms with Crippen LogP contribution in [-0.2, 0) is 16.0 Å². The van der Waals surface area contributed by atoms with Crippen LogP contribution in [0.4, 0.5) is 0 Å². The highest BCUT2D eigenvalue weighted by atomic mass is 35.5. The zero-order valence-electron chi connectivity index (χ0n) is 13.4. The third-order valence-electron chi connectivity index (χ3n) is 4.17. The van der Waals surface area contributed by atoms with Crippen molar-refractivity contribution in [3.8, 4) is 0 Å². The molecule has 1 atom stereocenters. The van der Waals surface area contributed by atoms with Gasteiger partial charge in [-0.25, -0.2) is 4.98 Å². The predicted octanol–water partition coefficient (Wildman–Crippen LogP) is 1.59. The van der Waals surface area contributed by atoms with Crippen molar-refractivity contribution in [3.63, 3.8) is 0 Å². The monoisotopic (exact) mass is 374 g/mol. The van der Waals surface area contributed by atoms with Gasteiger partial charge in [0.15, 0.2) is 0 Å².